The van der Waals surface area contributed by atoms with Gasteiger partial charge in [0.1, 0.15) is 5.75 Å². The van der Waals surface area contributed by atoms with Crippen molar-refractivity contribution in [3.63, 3.8) is 0 Å². The Morgan fingerprint density at radius 2 is 1.82 bits per heavy atom. The summed E-state index contributed by atoms with van der Waals surface area (Å²) in [7, 11) is 0. The molecule has 0 radical (unpaired) electrons. The Balaban J connectivity index is 2.10. The molecule has 1 aromatic carbocycles. The summed E-state index contributed by atoms with van der Waals surface area (Å²) < 4.78 is 55.0. The summed E-state index contributed by atoms with van der Waals surface area (Å²) >= 11 is 0. The van der Waals surface area contributed by atoms with Crippen LogP contribution < -0.4 is 9.64 Å². The van der Waals surface area contributed by atoms with E-state index in [9.17, 15) is 33.0 Å². The van der Waals surface area contributed by atoms with Gasteiger partial charge in [-0.2, -0.15) is 0 Å². The van der Waals surface area contributed by atoms with Gasteiger partial charge in [0.2, 0.25) is 0 Å². The second-order valence-corrected chi connectivity index (χ2v) is 5.58. The van der Waals surface area contributed by atoms with E-state index in [4.69, 9.17) is 9.47 Å². The van der Waals surface area contributed by atoms with E-state index in [0.717, 1.165) is 23.1 Å². The molecule has 3 unspecified atom stereocenters. The zero-order chi connectivity index (χ0) is 21.1. The molecule has 0 spiro atoms. The molecule has 2 N–H and O–H groups in total. The Labute approximate surface area is 157 Å². The maximum absolute atomic E-state index is 12.3. The van der Waals surface area contributed by atoms with E-state index in [0.29, 0.717) is 0 Å². The quantitative estimate of drug-likeness (QED) is 0.461. The first-order valence-electron chi connectivity index (χ1n) is 8.03. The van der Waals surface area contributed by atoms with Gasteiger partial charge in [-0.3, -0.25) is 14.5 Å². The average molecular weight is 409 g/mol. The van der Waals surface area contributed by atoms with Crippen molar-refractivity contribution >= 4 is 17.4 Å². The first kappa shape index (κ1) is 22.0. The van der Waals surface area contributed by atoms with Crippen LogP contribution in [0.2, 0.25) is 0 Å². The third-order valence-electron chi connectivity index (χ3n) is 3.70. The van der Waals surface area contributed by atoms with Crippen LogP contribution in [0.4, 0.5) is 18.9 Å². The highest BCUT2D eigenvalue weighted by molar-refractivity contribution is 6.52. The van der Waals surface area contributed by atoms with Gasteiger partial charge in [0.05, 0.1) is 17.3 Å². The Morgan fingerprint density at radius 3 is 2.43 bits per heavy atom. The molecule has 0 bridgehead atoms. The van der Waals surface area contributed by atoms with E-state index in [1.165, 1.54) is 6.92 Å². The Morgan fingerprint density at radius 1 is 1.14 bits per heavy atom. The lowest BCUT2D eigenvalue weighted by atomic mass is 10.1. The topological polar surface area (TPSA) is 115 Å². The molecular formula is C16H18F3NO8. The van der Waals surface area contributed by atoms with Gasteiger partial charge in [0.25, 0.3) is 18.2 Å². The van der Waals surface area contributed by atoms with Crippen molar-refractivity contribution in [3.8, 4) is 5.75 Å². The van der Waals surface area contributed by atoms with Crippen LogP contribution in [0.15, 0.2) is 18.2 Å². The second kappa shape index (κ2) is 8.84. The summed E-state index contributed by atoms with van der Waals surface area (Å²) in [5.74, 6) is -2.76. The van der Waals surface area contributed by atoms with Gasteiger partial charge in [-0.25, -0.2) is 0 Å². The summed E-state index contributed by atoms with van der Waals surface area (Å²) in [4.78, 5) is 25.2. The highest BCUT2D eigenvalue weighted by Gasteiger charge is 2.42. The van der Waals surface area contributed by atoms with E-state index in [2.05, 4.69) is 9.47 Å². The van der Waals surface area contributed by atoms with Gasteiger partial charge in [0.15, 0.2) is 13.1 Å². The molecule has 0 aliphatic carbocycles. The predicted molar refractivity (Wildman–Crippen MR) is 85.1 cm³/mol. The second-order valence-electron chi connectivity index (χ2n) is 5.58. The Bertz CT molecular complexity index is 726. The van der Waals surface area contributed by atoms with Crippen molar-refractivity contribution in [2.45, 2.75) is 39.0 Å². The number of aliphatic hydroxyl groups is 2. The van der Waals surface area contributed by atoms with Crippen molar-refractivity contribution in [3.05, 3.63) is 23.8 Å². The number of nitrogens with zero attached hydrogens (tertiary/aromatic N) is 1. The van der Waals surface area contributed by atoms with Crippen LogP contribution in [0.25, 0.3) is 0 Å². The zero-order valence-corrected chi connectivity index (χ0v) is 14.8. The standard InChI is InChI=1S/C16H18F3NO8/c1-3-25-15(24)27-7-26-14(23)8(2)20-11-5-4-9(28-16(17,18)19)6-10(11)12(21)13(20)22/h4-6,8,14-15,23-24H,3,7H2,1-2H3. The number of carbonyl (C=O) groups excluding carboxylic acids is 2. The number of ether oxygens (including phenoxy) is 4. The predicted octanol–water partition coefficient (Wildman–Crippen LogP) is 1.12. The van der Waals surface area contributed by atoms with Crippen LogP contribution in [0.1, 0.15) is 24.2 Å². The Hall–Kier alpha value is -2.25. The van der Waals surface area contributed by atoms with Gasteiger partial charge in [-0.15, -0.1) is 13.2 Å². The SMILES string of the molecule is CCOC(O)OCOC(O)C(C)N1C(=O)C(=O)c2cc(OC(F)(F)F)ccc21. The minimum atomic E-state index is -4.96. The molecule has 1 aliphatic heterocycles. The van der Waals surface area contributed by atoms with Gasteiger partial charge < -0.3 is 29.2 Å². The molecular weight excluding hydrogens is 391 g/mol. The fourth-order valence-electron chi connectivity index (χ4n) is 2.47. The fraction of sp³-hybridized carbons (Fsp3) is 0.500. The molecule has 0 fully saturated rings. The number of halogens is 3. The maximum Gasteiger partial charge on any atom is 0.573 e. The minimum absolute atomic E-state index is 0.00468. The third-order valence-corrected chi connectivity index (χ3v) is 3.70. The van der Waals surface area contributed by atoms with Crippen LogP contribution >= 0.6 is 0 Å². The Kier molecular flexibility index (Phi) is 6.96. The summed E-state index contributed by atoms with van der Waals surface area (Å²) in [6.45, 7) is 0.970. The molecule has 156 valence electrons. The van der Waals surface area contributed by atoms with E-state index in [1.54, 1.807) is 6.92 Å². The smallest absolute Gasteiger partial charge is 0.406 e. The molecule has 3 atom stereocenters. The summed E-state index contributed by atoms with van der Waals surface area (Å²) in [5.41, 5.74) is -0.302. The number of anilines is 1. The minimum Gasteiger partial charge on any atom is -0.406 e. The van der Waals surface area contributed by atoms with Crippen LogP contribution in [0, 0.1) is 0 Å². The van der Waals surface area contributed by atoms with Gasteiger partial charge >= 0.3 is 6.36 Å². The van der Waals surface area contributed by atoms with Gasteiger partial charge in [-0.05, 0) is 32.0 Å². The largest absolute Gasteiger partial charge is 0.573 e. The van der Waals surface area contributed by atoms with Crippen LogP contribution in [-0.4, -0.2) is 60.5 Å². The average Bonchev–Trinajstić information content (AvgIpc) is 2.84. The lowest BCUT2D eigenvalue weighted by Crippen LogP contribution is -2.46. The number of benzene rings is 1. The number of carbonyl (C=O) groups is 2. The molecule has 1 aliphatic rings. The molecule has 0 saturated heterocycles. The first-order valence-corrected chi connectivity index (χ1v) is 8.03. The fourth-order valence-corrected chi connectivity index (χ4v) is 2.47. The number of fused-ring (bicyclic) bond motifs is 1. The molecule has 12 heteroatoms. The number of alkyl halides is 3. The number of ketones is 1. The summed E-state index contributed by atoms with van der Waals surface area (Å²) in [5, 5.41) is 19.3. The van der Waals surface area contributed by atoms with Crippen LogP contribution in [0.3, 0.4) is 0 Å². The number of rotatable bonds is 9. The number of hydrogen-bond acceptors (Lipinski definition) is 8. The molecule has 0 aromatic heterocycles. The summed E-state index contributed by atoms with van der Waals surface area (Å²) in [6.07, 6.45) is -6.59. The molecule has 0 saturated carbocycles. The highest BCUT2D eigenvalue weighted by Crippen LogP contribution is 2.35. The van der Waals surface area contributed by atoms with Crippen molar-refractivity contribution in [2.24, 2.45) is 0 Å². The van der Waals surface area contributed by atoms with Crippen molar-refractivity contribution < 1.29 is 51.9 Å². The highest BCUT2D eigenvalue weighted by atomic mass is 19.4. The van der Waals surface area contributed by atoms with E-state index in [1.807, 2.05) is 0 Å². The summed E-state index contributed by atoms with van der Waals surface area (Å²) in [6, 6.07) is 1.73. The van der Waals surface area contributed by atoms with E-state index < -0.39 is 49.4 Å². The number of Topliss-reactive ketones (excluding diaryl/α,β-unsaturated/α-hetero) is 1. The van der Waals surface area contributed by atoms with E-state index in [-0.39, 0.29) is 17.9 Å². The van der Waals surface area contributed by atoms with Gasteiger partial charge in [-0.1, -0.05) is 0 Å². The monoisotopic (exact) mass is 409 g/mol. The van der Waals surface area contributed by atoms with E-state index >= 15 is 0 Å². The lowest BCUT2D eigenvalue weighted by molar-refractivity contribution is -0.307. The molecule has 2 rings (SSSR count). The van der Waals surface area contributed by atoms with Crippen LogP contribution in [0.5, 0.6) is 5.75 Å². The molecule has 1 heterocycles. The third kappa shape index (κ3) is 5.17. The zero-order valence-electron chi connectivity index (χ0n) is 14.8. The van der Waals surface area contributed by atoms with Crippen molar-refractivity contribution in [1.29, 1.82) is 0 Å². The number of aliphatic hydroxyl groups excluding tert-OH is 2. The molecule has 28 heavy (non-hydrogen) atoms. The normalized spacial score (nSPS) is 17.5. The number of amides is 1. The first-order chi connectivity index (χ1) is 13.0. The van der Waals surface area contributed by atoms with Gasteiger partial charge in [0, 0.05) is 6.61 Å². The molecule has 1 amide bonds. The van der Waals surface area contributed by atoms with Crippen molar-refractivity contribution in [1.82, 2.24) is 0 Å². The van der Waals surface area contributed by atoms with Crippen LogP contribution in [-0.2, 0) is 19.0 Å². The number of hydrogen-bond donors (Lipinski definition) is 2. The maximum atomic E-state index is 12.3. The van der Waals surface area contributed by atoms with Crippen molar-refractivity contribution in [2.75, 3.05) is 18.3 Å². The lowest BCUT2D eigenvalue weighted by Gasteiger charge is -2.28. The molecule has 1 aromatic rings. The molecule has 9 nitrogen and oxygen atoms in total.